The van der Waals surface area contributed by atoms with Crippen LogP contribution in [0.25, 0.3) is 0 Å². The third-order valence-corrected chi connectivity index (χ3v) is 3.37. The molecule has 0 aliphatic carbocycles. The molecule has 1 unspecified atom stereocenters. The lowest BCUT2D eigenvalue weighted by Crippen LogP contribution is -2.44. The lowest BCUT2D eigenvalue weighted by molar-refractivity contribution is -0.124. The van der Waals surface area contributed by atoms with Crippen molar-refractivity contribution in [1.82, 2.24) is 5.32 Å². The SMILES string of the molecule is CC(=O)NC(CS)C(=O)Nc1cc(F)c(Br)cc1C. The largest absolute Gasteiger partial charge is 0.344 e. The summed E-state index contributed by atoms with van der Waals surface area (Å²) in [6, 6.07) is 2.03. The van der Waals surface area contributed by atoms with Crippen molar-refractivity contribution in [2.75, 3.05) is 11.1 Å². The second kappa shape index (κ2) is 6.91. The average molecular weight is 349 g/mol. The summed E-state index contributed by atoms with van der Waals surface area (Å²) in [5, 5.41) is 5.04. The molecule has 1 rings (SSSR count). The molecule has 0 saturated heterocycles. The minimum Gasteiger partial charge on any atom is -0.344 e. The maximum atomic E-state index is 13.4. The molecule has 0 spiro atoms. The van der Waals surface area contributed by atoms with Crippen molar-refractivity contribution >= 4 is 46.1 Å². The normalized spacial score (nSPS) is 11.8. The number of anilines is 1. The lowest BCUT2D eigenvalue weighted by Gasteiger charge is -2.16. The molecule has 2 amide bonds. The van der Waals surface area contributed by atoms with Gasteiger partial charge in [0.25, 0.3) is 0 Å². The van der Waals surface area contributed by atoms with E-state index in [-0.39, 0.29) is 11.7 Å². The van der Waals surface area contributed by atoms with Crippen LogP contribution in [0.3, 0.4) is 0 Å². The Morgan fingerprint density at radius 2 is 2.11 bits per heavy atom. The van der Waals surface area contributed by atoms with Crippen LogP contribution in [-0.2, 0) is 9.59 Å². The van der Waals surface area contributed by atoms with E-state index < -0.39 is 17.8 Å². The van der Waals surface area contributed by atoms with Gasteiger partial charge in [-0.2, -0.15) is 12.6 Å². The van der Waals surface area contributed by atoms with Gasteiger partial charge in [0.2, 0.25) is 11.8 Å². The number of hydrogen-bond acceptors (Lipinski definition) is 3. The van der Waals surface area contributed by atoms with Gasteiger partial charge in [-0.15, -0.1) is 0 Å². The molecule has 7 heteroatoms. The van der Waals surface area contributed by atoms with Gasteiger partial charge in [0.05, 0.1) is 4.47 Å². The maximum Gasteiger partial charge on any atom is 0.247 e. The van der Waals surface area contributed by atoms with Gasteiger partial charge in [-0.3, -0.25) is 9.59 Å². The van der Waals surface area contributed by atoms with Crippen molar-refractivity contribution in [2.24, 2.45) is 0 Å². The zero-order chi connectivity index (χ0) is 14.6. The molecule has 19 heavy (non-hydrogen) atoms. The molecule has 2 N–H and O–H groups in total. The highest BCUT2D eigenvalue weighted by Crippen LogP contribution is 2.24. The second-order valence-electron chi connectivity index (χ2n) is 4.01. The molecule has 0 aliphatic rings. The quantitative estimate of drug-likeness (QED) is 0.731. The molecule has 1 atom stereocenters. The van der Waals surface area contributed by atoms with E-state index in [1.807, 2.05) is 0 Å². The zero-order valence-electron chi connectivity index (χ0n) is 10.5. The van der Waals surface area contributed by atoms with Gasteiger partial charge in [0, 0.05) is 18.4 Å². The van der Waals surface area contributed by atoms with E-state index in [2.05, 4.69) is 39.2 Å². The van der Waals surface area contributed by atoms with Gasteiger partial charge in [-0.25, -0.2) is 4.39 Å². The Bertz CT molecular complexity index is 511. The van der Waals surface area contributed by atoms with E-state index in [4.69, 9.17) is 0 Å². The van der Waals surface area contributed by atoms with Gasteiger partial charge >= 0.3 is 0 Å². The Balaban J connectivity index is 2.86. The molecular weight excluding hydrogens is 335 g/mol. The van der Waals surface area contributed by atoms with Crippen molar-refractivity contribution < 1.29 is 14.0 Å². The van der Waals surface area contributed by atoms with Crippen LogP contribution >= 0.6 is 28.6 Å². The van der Waals surface area contributed by atoms with E-state index in [1.165, 1.54) is 13.0 Å². The Morgan fingerprint density at radius 1 is 1.47 bits per heavy atom. The number of hydrogen-bond donors (Lipinski definition) is 3. The number of carbonyl (C=O) groups excluding carboxylic acids is 2. The van der Waals surface area contributed by atoms with Crippen molar-refractivity contribution in [2.45, 2.75) is 19.9 Å². The molecule has 0 saturated carbocycles. The van der Waals surface area contributed by atoms with Crippen LogP contribution in [0, 0.1) is 12.7 Å². The molecule has 0 aliphatic heterocycles. The molecule has 0 aromatic heterocycles. The van der Waals surface area contributed by atoms with Gasteiger partial charge < -0.3 is 10.6 Å². The van der Waals surface area contributed by atoms with Crippen LogP contribution in [0.2, 0.25) is 0 Å². The summed E-state index contributed by atoms with van der Waals surface area (Å²) in [6.07, 6.45) is 0. The molecule has 4 nitrogen and oxygen atoms in total. The second-order valence-corrected chi connectivity index (χ2v) is 5.23. The van der Waals surface area contributed by atoms with Crippen molar-refractivity contribution in [3.8, 4) is 0 Å². The topological polar surface area (TPSA) is 58.2 Å². The van der Waals surface area contributed by atoms with Gasteiger partial charge in [0.1, 0.15) is 11.9 Å². The first-order chi connectivity index (χ1) is 8.85. The molecular formula is C12H14BrFN2O2S. The summed E-state index contributed by atoms with van der Waals surface area (Å²) in [6.45, 7) is 3.06. The predicted octanol–water partition coefficient (Wildman–Crippen LogP) is 2.27. The smallest absolute Gasteiger partial charge is 0.247 e. The molecule has 1 aromatic carbocycles. The van der Waals surface area contributed by atoms with E-state index >= 15 is 0 Å². The summed E-state index contributed by atoms with van der Waals surface area (Å²) in [5.74, 6) is -1.07. The summed E-state index contributed by atoms with van der Waals surface area (Å²) >= 11 is 7.07. The average Bonchev–Trinajstić information content (AvgIpc) is 2.32. The first-order valence-electron chi connectivity index (χ1n) is 5.49. The number of rotatable bonds is 4. The van der Waals surface area contributed by atoms with Crippen LogP contribution in [0.4, 0.5) is 10.1 Å². The predicted molar refractivity (Wildman–Crippen MR) is 78.9 cm³/mol. The minimum atomic E-state index is -0.757. The van der Waals surface area contributed by atoms with Crippen molar-refractivity contribution in [1.29, 1.82) is 0 Å². The van der Waals surface area contributed by atoms with Gasteiger partial charge in [-0.05, 0) is 40.5 Å². The number of nitrogens with one attached hydrogen (secondary N) is 2. The fourth-order valence-corrected chi connectivity index (χ4v) is 2.16. The standard InChI is InChI=1S/C12H14BrFN2O2S/c1-6-3-8(13)9(14)4-10(6)16-12(18)11(5-19)15-7(2)17/h3-4,11,19H,5H2,1-2H3,(H,15,17)(H,16,18). The highest BCUT2D eigenvalue weighted by atomic mass is 79.9. The fraction of sp³-hybridized carbons (Fsp3) is 0.333. The van der Waals surface area contributed by atoms with E-state index in [0.29, 0.717) is 15.7 Å². The number of aryl methyl sites for hydroxylation is 1. The summed E-state index contributed by atoms with van der Waals surface area (Å²) < 4.78 is 13.7. The van der Waals surface area contributed by atoms with Gasteiger partial charge in [0.15, 0.2) is 0 Å². The highest BCUT2D eigenvalue weighted by Gasteiger charge is 2.18. The third kappa shape index (κ3) is 4.50. The van der Waals surface area contributed by atoms with Crippen LogP contribution < -0.4 is 10.6 Å². The van der Waals surface area contributed by atoms with Crippen LogP contribution in [0.5, 0.6) is 0 Å². The molecule has 0 fully saturated rings. The van der Waals surface area contributed by atoms with Crippen LogP contribution in [-0.4, -0.2) is 23.6 Å². The number of thiol groups is 1. The summed E-state index contributed by atoms with van der Waals surface area (Å²) in [7, 11) is 0. The Morgan fingerprint density at radius 3 is 2.63 bits per heavy atom. The molecule has 0 heterocycles. The molecule has 0 bridgehead atoms. The zero-order valence-corrected chi connectivity index (χ0v) is 12.9. The number of halogens is 2. The monoisotopic (exact) mass is 348 g/mol. The Kier molecular flexibility index (Phi) is 5.81. The fourth-order valence-electron chi connectivity index (χ4n) is 1.44. The van der Waals surface area contributed by atoms with E-state index in [1.54, 1.807) is 13.0 Å². The first-order valence-corrected chi connectivity index (χ1v) is 6.92. The van der Waals surface area contributed by atoms with Crippen molar-refractivity contribution in [3.05, 3.63) is 28.0 Å². The Labute approximate surface area is 124 Å². The van der Waals surface area contributed by atoms with E-state index in [9.17, 15) is 14.0 Å². The van der Waals surface area contributed by atoms with Crippen LogP contribution in [0.15, 0.2) is 16.6 Å². The maximum absolute atomic E-state index is 13.4. The summed E-state index contributed by atoms with van der Waals surface area (Å²) in [5.41, 5.74) is 1.07. The highest BCUT2D eigenvalue weighted by molar-refractivity contribution is 9.10. The first kappa shape index (κ1) is 16.0. The number of carbonyl (C=O) groups is 2. The van der Waals surface area contributed by atoms with Crippen LogP contribution in [0.1, 0.15) is 12.5 Å². The minimum absolute atomic E-state index is 0.156. The van der Waals surface area contributed by atoms with Crippen molar-refractivity contribution in [3.63, 3.8) is 0 Å². The Hall–Kier alpha value is -1.08. The lowest BCUT2D eigenvalue weighted by atomic mass is 10.2. The molecule has 1 aromatic rings. The van der Waals surface area contributed by atoms with Gasteiger partial charge in [-0.1, -0.05) is 0 Å². The number of amides is 2. The number of benzene rings is 1. The third-order valence-electron chi connectivity index (χ3n) is 2.40. The molecule has 0 radical (unpaired) electrons. The van der Waals surface area contributed by atoms with E-state index in [0.717, 1.165) is 0 Å². The summed E-state index contributed by atoms with van der Waals surface area (Å²) in [4.78, 5) is 22.9. The molecule has 104 valence electrons.